The smallest absolute Gasteiger partial charge is 0.432 e. The van der Waals surface area contributed by atoms with Crippen LogP contribution in [-0.4, -0.2) is 34.1 Å². The van der Waals surface area contributed by atoms with Gasteiger partial charge in [-0.15, -0.1) is 0 Å². The quantitative estimate of drug-likeness (QED) is 0.575. The fraction of sp³-hybridized carbons (Fsp3) is 0.364. The summed E-state index contributed by atoms with van der Waals surface area (Å²) in [6, 6.07) is 1.83. The van der Waals surface area contributed by atoms with Gasteiger partial charge in [-0.25, -0.2) is 4.79 Å². The van der Waals surface area contributed by atoms with Crippen molar-refractivity contribution in [3.8, 4) is 11.5 Å². The summed E-state index contributed by atoms with van der Waals surface area (Å²) in [5.41, 5.74) is -4.86. The molecule has 0 aliphatic rings. The summed E-state index contributed by atoms with van der Waals surface area (Å²) in [6.45, 7) is 0.921. The molecule has 0 heterocycles. The third kappa shape index (κ3) is 2.58. The average Bonchev–Trinajstić information content (AvgIpc) is 2.30. The number of hydrogen-bond donors (Lipinski definition) is 3. The van der Waals surface area contributed by atoms with Crippen LogP contribution in [0.2, 0.25) is 0 Å². The molecule has 0 amide bonds. The van der Waals surface area contributed by atoms with Gasteiger partial charge in [0.25, 0.3) is 5.60 Å². The summed E-state index contributed by atoms with van der Waals surface area (Å²) in [4.78, 5) is 11.4. The second-order valence-electron chi connectivity index (χ2n) is 3.63. The number of aromatic hydroxyl groups is 2. The molecular formula is C11H11F3O5. The van der Waals surface area contributed by atoms with Crippen LogP contribution >= 0.6 is 0 Å². The van der Waals surface area contributed by atoms with Crippen molar-refractivity contribution in [1.82, 2.24) is 0 Å². The number of aliphatic hydroxyl groups is 1. The van der Waals surface area contributed by atoms with E-state index in [2.05, 4.69) is 4.74 Å². The molecule has 5 nitrogen and oxygen atoms in total. The van der Waals surface area contributed by atoms with Gasteiger partial charge in [0.1, 0.15) is 0 Å². The lowest BCUT2D eigenvalue weighted by atomic mass is 9.92. The van der Waals surface area contributed by atoms with E-state index < -0.39 is 34.8 Å². The van der Waals surface area contributed by atoms with E-state index in [-0.39, 0.29) is 6.61 Å². The SMILES string of the molecule is CCOC(=O)C(O)(c1ccc(O)c(O)c1)C(F)(F)F. The lowest BCUT2D eigenvalue weighted by Gasteiger charge is -2.28. The van der Waals surface area contributed by atoms with Crippen molar-refractivity contribution < 1.29 is 38.0 Å². The van der Waals surface area contributed by atoms with E-state index in [1.54, 1.807) is 0 Å². The fourth-order valence-corrected chi connectivity index (χ4v) is 1.38. The van der Waals surface area contributed by atoms with Gasteiger partial charge in [0.2, 0.25) is 0 Å². The minimum atomic E-state index is -5.34. The zero-order valence-corrected chi connectivity index (χ0v) is 9.73. The molecule has 0 bridgehead atoms. The Hall–Kier alpha value is -1.96. The number of esters is 1. The van der Waals surface area contributed by atoms with Crippen LogP contribution in [0.15, 0.2) is 18.2 Å². The highest BCUT2D eigenvalue weighted by molar-refractivity contribution is 5.82. The highest BCUT2D eigenvalue weighted by Gasteiger charge is 2.62. The monoisotopic (exact) mass is 280 g/mol. The van der Waals surface area contributed by atoms with Crippen molar-refractivity contribution in [3.63, 3.8) is 0 Å². The minimum Gasteiger partial charge on any atom is -0.504 e. The second kappa shape index (κ2) is 4.96. The van der Waals surface area contributed by atoms with Crippen molar-refractivity contribution in [1.29, 1.82) is 0 Å². The Morgan fingerprint density at radius 1 is 1.26 bits per heavy atom. The first-order valence-corrected chi connectivity index (χ1v) is 5.13. The van der Waals surface area contributed by atoms with Crippen LogP contribution in [0.3, 0.4) is 0 Å². The lowest BCUT2D eigenvalue weighted by molar-refractivity contribution is -0.267. The molecule has 0 saturated carbocycles. The molecule has 0 saturated heterocycles. The van der Waals surface area contributed by atoms with Gasteiger partial charge >= 0.3 is 12.1 Å². The summed E-state index contributed by atoms with van der Waals surface area (Å²) < 4.78 is 42.9. The molecule has 8 heteroatoms. The van der Waals surface area contributed by atoms with Crippen LogP contribution in [0.25, 0.3) is 0 Å². The molecular weight excluding hydrogens is 269 g/mol. The van der Waals surface area contributed by atoms with Gasteiger partial charge in [-0.1, -0.05) is 6.07 Å². The first-order valence-electron chi connectivity index (χ1n) is 5.13. The maximum atomic E-state index is 12.9. The van der Waals surface area contributed by atoms with Crippen LogP contribution in [-0.2, 0) is 15.1 Å². The highest BCUT2D eigenvalue weighted by atomic mass is 19.4. The summed E-state index contributed by atoms with van der Waals surface area (Å²) in [6.07, 6.45) is -5.34. The number of phenols is 2. The number of ether oxygens (including phenoxy) is 1. The zero-order chi connectivity index (χ0) is 14.8. The second-order valence-corrected chi connectivity index (χ2v) is 3.63. The Bertz CT molecular complexity index is 486. The number of carbonyl (C=O) groups excluding carboxylic acids is 1. The molecule has 0 aliphatic heterocycles. The molecule has 1 rings (SSSR count). The normalized spacial score (nSPS) is 14.8. The van der Waals surface area contributed by atoms with E-state index in [1.807, 2.05) is 0 Å². The Morgan fingerprint density at radius 3 is 2.26 bits per heavy atom. The molecule has 0 aromatic heterocycles. The summed E-state index contributed by atoms with van der Waals surface area (Å²) in [7, 11) is 0. The van der Waals surface area contributed by atoms with Gasteiger partial charge in [-0.3, -0.25) is 0 Å². The van der Waals surface area contributed by atoms with Gasteiger partial charge in [0.15, 0.2) is 11.5 Å². The molecule has 0 radical (unpaired) electrons. The molecule has 106 valence electrons. The van der Waals surface area contributed by atoms with E-state index in [0.717, 1.165) is 6.07 Å². The molecule has 1 aromatic rings. The van der Waals surface area contributed by atoms with E-state index in [4.69, 9.17) is 10.2 Å². The van der Waals surface area contributed by atoms with E-state index in [9.17, 15) is 23.1 Å². The molecule has 1 atom stereocenters. The van der Waals surface area contributed by atoms with Crippen LogP contribution in [0, 0.1) is 0 Å². The number of carbonyl (C=O) groups is 1. The first kappa shape index (κ1) is 15.1. The maximum absolute atomic E-state index is 12.9. The Balaban J connectivity index is 3.39. The summed E-state index contributed by atoms with van der Waals surface area (Å²) in [5, 5.41) is 27.8. The average molecular weight is 280 g/mol. The number of halogens is 3. The number of benzene rings is 1. The van der Waals surface area contributed by atoms with Crippen molar-refractivity contribution in [3.05, 3.63) is 23.8 Å². The van der Waals surface area contributed by atoms with Gasteiger partial charge in [-0.2, -0.15) is 13.2 Å². The van der Waals surface area contributed by atoms with Crippen LogP contribution in [0.1, 0.15) is 12.5 Å². The van der Waals surface area contributed by atoms with Crippen molar-refractivity contribution in [2.24, 2.45) is 0 Å². The van der Waals surface area contributed by atoms with Crippen LogP contribution in [0.5, 0.6) is 11.5 Å². The Labute approximate surface area is 105 Å². The van der Waals surface area contributed by atoms with Crippen LogP contribution < -0.4 is 0 Å². The van der Waals surface area contributed by atoms with E-state index >= 15 is 0 Å². The predicted octanol–water partition coefficient (Wildman–Crippen LogP) is 1.41. The van der Waals surface area contributed by atoms with E-state index in [0.29, 0.717) is 12.1 Å². The lowest BCUT2D eigenvalue weighted by Crippen LogP contribution is -2.50. The third-order valence-corrected chi connectivity index (χ3v) is 2.37. The van der Waals surface area contributed by atoms with E-state index in [1.165, 1.54) is 6.92 Å². The maximum Gasteiger partial charge on any atom is 0.432 e. The number of rotatable bonds is 3. The standard InChI is InChI=1S/C11H11F3O5/c1-2-19-9(17)10(18,11(12,13)14)6-3-4-7(15)8(16)5-6/h3-5,15-16,18H,2H2,1H3. The molecule has 1 aromatic carbocycles. The molecule has 0 fully saturated rings. The number of phenolic OH excluding ortho intramolecular Hbond substituents is 2. The minimum absolute atomic E-state index is 0.360. The Morgan fingerprint density at radius 2 is 1.84 bits per heavy atom. The first-order chi connectivity index (χ1) is 8.64. The van der Waals surface area contributed by atoms with Crippen LogP contribution in [0.4, 0.5) is 13.2 Å². The van der Waals surface area contributed by atoms with Crippen molar-refractivity contribution >= 4 is 5.97 Å². The fourth-order valence-electron chi connectivity index (χ4n) is 1.38. The topological polar surface area (TPSA) is 87.0 Å². The molecule has 0 spiro atoms. The van der Waals surface area contributed by atoms with Gasteiger partial charge in [0.05, 0.1) is 6.61 Å². The van der Waals surface area contributed by atoms with Gasteiger partial charge in [0, 0.05) is 5.56 Å². The third-order valence-electron chi connectivity index (χ3n) is 2.37. The Kier molecular flexibility index (Phi) is 3.94. The molecule has 19 heavy (non-hydrogen) atoms. The number of alkyl halides is 3. The van der Waals surface area contributed by atoms with Gasteiger partial charge in [-0.05, 0) is 19.1 Å². The van der Waals surface area contributed by atoms with Crippen molar-refractivity contribution in [2.45, 2.75) is 18.7 Å². The summed E-state index contributed by atoms with van der Waals surface area (Å²) >= 11 is 0. The summed E-state index contributed by atoms with van der Waals surface area (Å²) in [5.74, 6) is -3.49. The molecule has 3 N–H and O–H groups in total. The molecule has 0 aliphatic carbocycles. The van der Waals surface area contributed by atoms with Crippen molar-refractivity contribution in [2.75, 3.05) is 6.61 Å². The largest absolute Gasteiger partial charge is 0.504 e. The zero-order valence-electron chi connectivity index (χ0n) is 9.73. The van der Waals surface area contributed by atoms with Gasteiger partial charge < -0.3 is 20.1 Å². The molecule has 1 unspecified atom stereocenters. The number of hydrogen-bond acceptors (Lipinski definition) is 5. The highest BCUT2D eigenvalue weighted by Crippen LogP contribution is 2.42. The predicted molar refractivity (Wildman–Crippen MR) is 56.4 cm³/mol.